The summed E-state index contributed by atoms with van der Waals surface area (Å²) in [4.78, 5) is 25.0. The number of methoxy groups -OCH3 is 1. The van der Waals surface area contributed by atoms with E-state index in [1.54, 1.807) is 35.9 Å². The van der Waals surface area contributed by atoms with Gasteiger partial charge in [0.25, 0.3) is 5.91 Å². The average Bonchev–Trinajstić information content (AvgIpc) is 3.25. The van der Waals surface area contributed by atoms with Crippen molar-refractivity contribution in [3.05, 3.63) is 65.5 Å². The lowest BCUT2D eigenvalue weighted by Gasteiger charge is -2.17. The Balaban J connectivity index is 1.66. The van der Waals surface area contributed by atoms with Crippen molar-refractivity contribution >= 4 is 29.3 Å². The van der Waals surface area contributed by atoms with Gasteiger partial charge in [-0.25, -0.2) is 0 Å². The number of amides is 2. The molecule has 0 saturated heterocycles. The topological polar surface area (TPSA) is 118 Å². The summed E-state index contributed by atoms with van der Waals surface area (Å²) in [6.45, 7) is 4.00. The largest absolute Gasteiger partial charge is 0.497 e. The van der Waals surface area contributed by atoms with Gasteiger partial charge in [-0.1, -0.05) is 30.0 Å². The molecule has 3 aromatic rings. The van der Waals surface area contributed by atoms with Crippen LogP contribution in [0.1, 0.15) is 34.7 Å². The number of thioether (sulfide) groups is 1. The monoisotopic (exact) mass is 469 g/mol. The highest BCUT2D eigenvalue weighted by atomic mass is 32.2. The van der Waals surface area contributed by atoms with Crippen LogP contribution in [-0.4, -0.2) is 51.2 Å². The summed E-state index contributed by atoms with van der Waals surface area (Å²) >= 11 is 1.24. The summed E-state index contributed by atoms with van der Waals surface area (Å²) in [6.07, 6.45) is 0. The zero-order valence-corrected chi connectivity index (χ0v) is 19.6. The summed E-state index contributed by atoms with van der Waals surface area (Å²) in [5.41, 5.74) is 2.18. The third-order valence-electron chi connectivity index (χ3n) is 4.96. The first-order chi connectivity index (χ1) is 16.0. The fraction of sp³-hybridized carbons (Fsp3) is 0.304. The third-order valence-corrected chi connectivity index (χ3v) is 5.93. The first-order valence-electron chi connectivity index (χ1n) is 10.4. The van der Waals surface area contributed by atoms with Crippen molar-refractivity contribution < 1.29 is 19.4 Å². The number of para-hydroxylation sites is 1. The standard InChI is InChI=1S/C23H27N5O4S/c1-4-28-21(19(13-29)25-22(31)16-9-11-17(32-3)12-10-16)26-27-23(28)33-14-20(30)24-18-8-6-5-7-15(18)2/h5-12,19,29H,4,13-14H2,1-3H3,(H,24,30)(H,25,31)/t19-/m0/s1. The Hall–Kier alpha value is -3.37. The normalized spacial score (nSPS) is 11.6. The van der Waals surface area contributed by atoms with E-state index < -0.39 is 6.04 Å². The maximum absolute atomic E-state index is 12.6. The number of aromatic nitrogens is 3. The highest BCUT2D eigenvalue weighted by Gasteiger charge is 2.23. The van der Waals surface area contributed by atoms with Crippen LogP contribution in [0.2, 0.25) is 0 Å². The van der Waals surface area contributed by atoms with Gasteiger partial charge in [0.2, 0.25) is 5.91 Å². The fourth-order valence-corrected chi connectivity index (χ4v) is 3.98. The van der Waals surface area contributed by atoms with Crippen molar-refractivity contribution in [3.8, 4) is 5.75 Å². The lowest BCUT2D eigenvalue weighted by atomic mass is 10.2. The lowest BCUT2D eigenvalue weighted by molar-refractivity contribution is -0.113. The molecule has 3 N–H and O–H groups in total. The molecule has 1 atom stereocenters. The van der Waals surface area contributed by atoms with Crippen LogP contribution in [0, 0.1) is 6.92 Å². The van der Waals surface area contributed by atoms with Crippen molar-refractivity contribution in [1.82, 2.24) is 20.1 Å². The molecule has 174 valence electrons. The van der Waals surface area contributed by atoms with Gasteiger partial charge in [-0.2, -0.15) is 0 Å². The van der Waals surface area contributed by atoms with Gasteiger partial charge in [-0.3, -0.25) is 9.59 Å². The molecule has 10 heteroatoms. The van der Waals surface area contributed by atoms with Crippen LogP contribution >= 0.6 is 11.8 Å². The summed E-state index contributed by atoms with van der Waals surface area (Å²) in [6, 6.07) is 13.5. The van der Waals surface area contributed by atoms with Crippen LogP contribution in [0.15, 0.2) is 53.7 Å². The van der Waals surface area contributed by atoms with Crippen molar-refractivity contribution in [3.63, 3.8) is 0 Å². The second-order valence-corrected chi connectivity index (χ2v) is 8.12. The Morgan fingerprint density at radius 3 is 2.52 bits per heavy atom. The van der Waals surface area contributed by atoms with Crippen LogP contribution in [-0.2, 0) is 11.3 Å². The molecule has 0 aliphatic heterocycles. The molecular formula is C23H27N5O4S. The molecule has 1 heterocycles. The van der Waals surface area contributed by atoms with E-state index in [1.807, 2.05) is 38.1 Å². The molecule has 0 aliphatic carbocycles. The second-order valence-electron chi connectivity index (χ2n) is 7.17. The summed E-state index contributed by atoms with van der Waals surface area (Å²) in [7, 11) is 1.55. The van der Waals surface area contributed by atoms with E-state index >= 15 is 0 Å². The zero-order valence-electron chi connectivity index (χ0n) is 18.7. The zero-order chi connectivity index (χ0) is 23.8. The predicted molar refractivity (Wildman–Crippen MR) is 127 cm³/mol. The molecule has 2 aromatic carbocycles. The Kier molecular flexibility index (Phi) is 8.45. The minimum Gasteiger partial charge on any atom is -0.497 e. The quantitative estimate of drug-likeness (QED) is 0.391. The maximum Gasteiger partial charge on any atom is 0.251 e. The number of hydrogen-bond acceptors (Lipinski definition) is 7. The number of anilines is 1. The van der Waals surface area contributed by atoms with Gasteiger partial charge in [0.1, 0.15) is 11.8 Å². The maximum atomic E-state index is 12.6. The van der Waals surface area contributed by atoms with Gasteiger partial charge in [0.05, 0.1) is 19.5 Å². The van der Waals surface area contributed by atoms with Crippen LogP contribution < -0.4 is 15.4 Å². The number of hydrogen-bond donors (Lipinski definition) is 3. The summed E-state index contributed by atoms with van der Waals surface area (Å²) in [5, 5.41) is 24.5. The van der Waals surface area contributed by atoms with E-state index in [-0.39, 0.29) is 24.2 Å². The second kappa shape index (κ2) is 11.5. The molecule has 0 spiro atoms. The molecule has 0 bridgehead atoms. The van der Waals surface area contributed by atoms with Crippen molar-refractivity contribution in [2.75, 3.05) is 24.8 Å². The van der Waals surface area contributed by atoms with Gasteiger partial charge >= 0.3 is 0 Å². The van der Waals surface area contributed by atoms with Gasteiger partial charge < -0.3 is 25.0 Å². The highest BCUT2D eigenvalue weighted by molar-refractivity contribution is 7.99. The fourth-order valence-electron chi connectivity index (χ4n) is 3.17. The molecule has 3 rings (SSSR count). The number of carbonyl (C=O) groups excluding carboxylic acids is 2. The molecule has 33 heavy (non-hydrogen) atoms. The van der Waals surface area contributed by atoms with E-state index in [2.05, 4.69) is 20.8 Å². The molecule has 1 aromatic heterocycles. The molecule has 0 radical (unpaired) electrons. The van der Waals surface area contributed by atoms with Crippen LogP contribution in [0.3, 0.4) is 0 Å². The van der Waals surface area contributed by atoms with E-state index in [1.165, 1.54) is 11.8 Å². The number of aliphatic hydroxyl groups excluding tert-OH is 1. The summed E-state index contributed by atoms with van der Waals surface area (Å²) < 4.78 is 6.89. The van der Waals surface area contributed by atoms with E-state index in [0.29, 0.717) is 28.8 Å². The Morgan fingerprint density at radius 1 is 1.15 bits per heavy atom. The smallest absolute Gasteiger partial charge is 0.251 e. The van der Waals surface area contributed by atoms with E-state index in [9.17, 15) is 14.7 Å². The Bertz CT molecular complexity index is 1100. The Labute approximate surface area is 196 Å². The summed E-state index contributed by atoms with van der Waals surface area (Å²) in [5.74, 6) is 0.698. The first kappa shape index (κ1) is 24.3. The van der Waals surface area contributed by atoms with Crippen LogP contribution in [0.5, 0.6) is 5.75 Å². The number of aryl methyl sites for hydroxylation is 1. The molecule has 0 unspecified atom stereocenters. The minimum absolute atomic E-state index is 0.147. The number of aliphatic hydroxyl groups is 1. The van der Waals surface area contributed by atoms with E-state index in [0.717, 1.165) is 11.3 Å². The average molecular weight is 470 g/mol. The number of carbonyl (C=O) groups is 2. The number of nitrogens with one attached hydrogen (secondary N) is 2. The molecular weight excluding hydrogens is 442 g/mol. The first-order valence-corrected chi connectivity index (χ1v) is 11.4. The number of rotatable bonds is 10. The van der Waals surface area contributed by atoms with E-state index in [4.69, 9.17) is 4.74 Å². The number of ether oxygens (including phenoxy) is 1. The van der Waals surface area contributed by atoms with Gasteiger partial charge in [-0.05, 0) is 49.7 Å². The minimum atomic E-state index is -0.748. The lowest BCUT2D eigenvalue weighted by Crippen LogP contribution is -2.32. The molecule has 0 fully saturated rings. The van der Waals surface area contributed by atoms with Gasteiger partial charge in [-0.15, -0.1) is 10.2 Å². The highest BCUT2D eigenvalue weighted by Crippen LogP contribution is 2.22. The predicted octanol–water partition coefficient (Wildman–Crippen LogP) is 2.81. The molecule has 0 saturated carbocycles. The Morgan fingerprint density at radius 2 is 1.88 bits per heavy atom. The van der Waals surface area contributed by atoms with Gasteiger partial charge in [0.15, 0.2) is 11.0 Å². The number of benzene rings is 2. The molecule has 2 amide bonds. The number of nitrogens with zero attached hydrogens (tertiary/aromatic N) is 3. The van der Waals surface area contributed by atoms with Crippen molar-refractivity contribution in [2.45, 2.75) is 31.6 Å². The van der Waals surface area contributed by atoms with Crippen molar-refractivity contribution in [1.29, 1.82) is 0 Å². The molecule has 0 aliphatic rings. The SMILES string of the molecule is CCn1c(SCC(=O)Nc2ccccc2C)nnc1[C@H](CO)NC(=O)c1ccc(OC)cc1. The van der Waals surface area contributed by atoms with Crippen molar-refractivity contribution in [2.24, 2.45) is 0 Å². The third kappa shape index (κ3) is 6.11. The van der Waals surface area contributed by atoms with Crippen LogP contribution in [0.25, 0.3) is 0 Å². The van der Waals surface area contributed by atoms with Gasteiger partial charge in [0, 0.05) is 17.8 Å². The molecule has 9 nitrogen and oxygen atoms in total. The van der Waals surface area contributed by atoms with Crippen LogP contribution in [0.4, 0.5) is 5.69 Å².